The van der Waals surface area contributed by atoms with Gasteiger partial charge in [0.15, 0.2) is 5.82 Å². The van der Waals surface area contributed by atoms with Crippen molar-refractivity contribution in [1.29, 1.82) is 0 Å². The minimum Gasteiger partial charge on any atom is -0.472 e. The summed E-state index contributed by atoms with van der Waals surface area (Å²) in [5.41, 5.74) is 2.86. The zero-order valence-corrected chi connectivity index (χ0v) is 11.9. The molecule has 2 heterocycles. The lowest BCUT2D eigenvalue weighted by atomic mass is 10.1. The van der Waals surface area contributed by atoms with Crippen LogP contribution in [0.3, 0.4) is 0 Å². The summed E-state index contributed by atoms with van der Waals surface area (Å²) in [4.78, 5) is 9.20. The first-order valence-electron chi connectivity index (χ1n) is 7.08. The molecule has 0 atom stereocenters. The Hall–Kier alpha value is -2.62. The van der Waals surface area contributed by atoms with Gasteiger partial charge in [-0.05, 0) is 12.5 Å². The number of hydrogen-bond acceptors (Lipinski definition) is 4. The van der Waals surface area contributed by atoms with Gasteiger partial charge in [-0.15, -0.1) is 0 Å². The maximum atomic E-state index is 5.14. The van der Waals surface area contributed by atoms with Crippen LogP contribution in [-0.2, 0) is 0 Å². The predicted molar refractivity (Wildman–Crippen MR) is 84.0 cm³/mol. The van der Waals surface area contributed by atoms with Gasteiger partial charge in [0.25, 0.3) is 0 Å². The van der Waals surface area contributed by atoms with Crippen molar-refractivity contribution in [2.24, 2.45) is 0 Å². The fourth-order valence-corrected chi connectivity index (χ4v) is 2.07. The Bertz CT molecular complexity index is 693. The standard InChI is InChI=1S/C17H17N3O/c1-2-9-18-16-11-15(13-6-4-3-5-7-13)19-17(20-16)14-8-10-21-12-14/h3-8,10-12H,2,9H2,1H3,(H,18,19,20). The van der Waals surface area contributed by atoms with Crippen LogP contribution in [0.2, 0.25) is 0 Å². The summed E-state index contributed by atoms with van der Waals surface area (Å²) in [5, 5.41) is 3.33. The molecular formula is C17H17N3O. The highest BCUT2D eigenvalue weighted by atomic mass is 16.3. The quantitative estimate of drug-likeness (QED) is 0.759. The van der Waals surface area contributed by atoms with Crippen LogP contribution in [0.1, 0.15) is 13.3 Å². The SMILES string of the molecule is CCCNc1cc(-c2ccccc2)nc(-c2ccoc2)n1. The summed E-state index contributed by atoms with van der Waals surface area (Å²) in [6.45, 7) is 3.01. The number of nitrogens with zero attached hydrogens (tertiary/aromatic N) is 2. The average molecular weight is 279 g/mol. The van der Waals surface area contributed by atoms with Gasteiger partial charge in [0.1, 0.15) is 12.1 Å². The van der Waals surface area contributed by atoms with E-state index in [0.29, 0.717) is 5.82 Å². The Balaban J connectivity index is 2.05. The molecule has 4 heteroatoms. The molecule has 0 saturated heterocycles. The lowest BCUT2D eigenvalue weighted by molar-refractivity contribution is 0.568. The Morgan fingerprint density at radius 2 is 1.90 bits per heavy atom. The minimum atomic E-state index is 0.670. The Kier molecular flexibility index (Phi) is 3.96. The first-order valence-corrected chi connectivity index (χ1v) is 7.08. The largest absolute Gasteiger partial charge is 0.472 e. The molecule has 0 bridgehead atoms. The summed E-state index contributed by atoms with van der Waals surface area (Å²) in [6, 6.07) is 14.0. The van der Waals surface area contributed by atoms with E-state index in [9.17, 15) is 0 Å². The number of nitrogens with one attached hydrogen (secondary N) is 1. The van der Waals surface area contributed by atoms with Gasteiger partial charge in [0, 0.05) is 18.2 Å². The topological polar surface area (TPSA) is 51.0 Å². The molecule has 21 heavy (non-hydrogen) atoms. The molecule has 0 saturated carbocycles. The van der Waals surface area contributed by atoms with E-state index in [0.717, 1.165) is 35.6 Å². The summed E-state index contributed by atoms with van der Waals surface area (Å²) in [7, 11) is 0. The van der Waals surface area contributed by atoms with Gasteiger partial charge in [-0.2, -0.15) is 0 Å². The van der Waals surface area contributed by atoms with E-state index in [2.05, 4.69) is 22.2 Å². The van der Waals surface area contributed by atoms with Crippen molar-refractivity contribution in [1.82, 2.24) is 9.97 Å². The number of hydrogen-bond donors (Lipinski definition) is 1. The number of anilines is 1. The Morgan fingerprint density at radius 3 is 2.62 bits per heavy atom. The molecule has 0 aliphatic carbocycles. The van der Waals surface area contributed by atoms with E-state index in [4.69, 9.17) is 4.42 Å². The van der Waals surface area contributed by atoms with Gasteiger partial charge < -0.3 is 9.73 Å². The van der Waals surface area contributed by atoms with Crippen LogP contribution >= 0.6 is 0 Å². The summed E-state index contributed by atoms with van der Waals surface area (Å²) >= 11 is 0. The molecule has 0 amide bonds. The number of aromatic nitrogens is 2. The highest BCUT2D eigenvalue weighted by Gasteiger charge is 2.09. The summed E-state index contributed by atoms with van der Waals surface area (Å²) in [6.07, 6.45) is 4.34. The summed E-state index contributed by atoms with van der Waals surface area (Å²) < 4.78 is 5.14. The van der Waals surface area contributed by atoms with Crippen molar-refractivity contribution < 1.29 is 4.42 Å². The van der Waals surface area contributed by atoms with Crippen molar-refractivity contribution in [3.8, 4) is 22.6 Å². The van der Waals surface area contributed by atoms with E-state index >= 15 is 0 Å². The molecule has 0 radical (unpaired) electrons. The molecule has 1 aromatic carbocycles. The van der Waals surface area contributed by atoms with Gasteiger partial charge >= 0.3 is 0 Å². The predicted octanol–water partition coefficient (Wildman–Crippen LogP) is 4.23. The third-order valence-electron chi connectivity index (χ3n) is 3.13. The Labute approximate surface area is 123 Å². The highest BCUT2D eigenvalue weighted by Crippen LogP contribution is 2.24. The second-order valence-corrected chi connectivity index (χ2v) is 4.77. The molecule has 106 valence electrons. The average Bonchev–Trinajstić information content (AvgIpc) is 3.08. The first-order chi connectivity index (χ1) is 10.4. The van der Waals surface area contributed by atoms with E-state index in [-0.39, 0.29) is 0 Å². The van der Waals surface area contributed by atoms with Gasteiger partial charge in [0.05, 0.1) is 17.5 Å². The number of benzene rings is 1. The highest BCUT2D eigenvalue weighted by molar-refractivity contribution is 5.67. The molecule has 0 spiro atoms. The fraction of sp³-hybridized carbons (Fsp3) is 0.176. The van der Waals surface area contributed by atoms with Crippen molar-refractivity contribution in [2.45, 2.75) is 13.3 Å². The second kappa shape index (κ2) is 6.22. The first kappa shape index (κ1) is 13.4. The second-order valence-electron chi connectivity index (χ2n) is 4.77. The van der Waals surface area contributed by atoms with Crippen molar-refractivity contribution in [3.63, 3.8) is 0 Å². The molecule has 0 fully saturated rings. The molecule has 2 aromatic heterocycles. The van der Waals surface area contributed by atoms with E-state index in [1.54, 1.807) is 12.5 Å². The third kappa shape index (κ3) is 3.11. The molecular weight excluding hydrogens is 262 g/mol. The Morgan fingerprint density at radius 1 is 1.05 bits per heavy atom. The molecule has 3 aromatic rings. The van der Waals surface area contributed by atoms with E-state index in [1.165, 1.54) is 0 Å². The molecule has 3 rings (SSSR count). The third-order valence-corrected chi connectivity index (χ3v) is 3.13. The minimum absolute atomic E-state index is 0.670. The normalized spacial score (nSPS) is 10.5. The molecule has 0 aliphatic rings. The van der Waals surface area contributed by atoms with Crippen LogP contribution in [0.15, 0.2) is 59.4 Å². The monoisotopic (exact) mass is 279 g/mol. The molecule has 4 nitrogen and oxygen atoms in total. The number of furan rings is 1. The molecule has 0 unspecified atom stereocenters. The van der Waals surface area contributed by atoms with Crippen LogP contribution in [0.4, 0.5) is 5.82 Å². The lowest BCUT2D eigenvalue weighted by Crippen LogP contribution is -2.04. The van der Waals surface area contributed by atoms with E-state index in [1.807, 2.05) is 42.5 Å². The van der Waals surface area contributed by atoms with Crippen LogP contribution < -0.4 is 5.32 Å². The van der Waals surface area contributed by atoms with Crippen molar-refractivity contribution in [3.05, 3.63) is 55.0 Å². The van der Waals surface area contributed by atoms with Crippen LogP contribution in [0.5, 0.6) is 0 Å². The van der Waals surface area contributed by atoms with Crippen LogP contribution in [0.25, 0.3) is 22.6 Å². The lowest BCUT2D eigenvalue weighted by Gasteiger charge is -2.09. The number of rotatable bonds is 5. The zero-order valence-electron chi connectivity index (χ0n) is 11.9. The van der Waals surface area contributed by atoms with Crippen LogP contribution in [-0.4, -0.2) is 16.5 Å². The maximum Gasteiger partial charge on any atom is 0.165 e. The fourth-order valence-electron chi connectivity index (χ4n) is 2.07. The smallest absolute Gasteiger partial charge is 0.165 e. The molecule has 1 N–H and O–H groups in total. The van der Waals surface area contributed by atoms with Crippen molar-refractivity contribution in [2.75, 3.05) is 11.9 Å². The van der Waals surface area contributed by atoms with Gasteiger partial charge in [-0.1, -0.05) is 37.3 Å². The van der Waals surface area contributed by atoms with Gasteiger partial charge in [-0.3, -0.25) is 0 Å². The van der Waals surface area contributed by atoms with Crippen LogP contribution in [0, 0.1) is 0 Å². The van der Waals surface area contributed by atoms with Crippen molar-refractivity contribution >= 4 is 5.82 Å². The summed E-state index contributed by atoms with van der Waals surface area (Å²) in [5.74, 6) is 1.51. The maximum absolute atomic E-state index is 5.14. The van der Waals surface area contributed by atoms with Gasteiger partial charge in [0.2, 0.25) is 0 Å². The van der Waals surface area contributed by atoms with E-state index < -0.39 is 0 Å². The molecule has 0 aliphatic heterocycles. The van der Waals surface area contributed by atoms with Gasteiger partial charge in [-0.25, -0.2) is 9.97 Å². The zero-order chi connectivity index (χ0) is 14.5.